The Morgan fingerprint density at radius 2 is 1.92 bits per heavy atom. The van der Waals surface area contributed by atoms with Crippen molar-refractivity contribution in [3.8, 4) is 11.4 Å². The number of anilines is 1. The fraction of sp³-hybridized carbons (Fsp3) is 0.167. The molecule has 132 valence electrons. The number of hydrogen-bond donors (Lipinski definition) is 0. The molecule has 8 heteroatoms. The summed E-state index contributed by atoms with van der Waals surface area (Å²) in [6, 6.07) is 11.3. The summed E-state index contributed by atoms with van der Waals surface area (Å²) in [5, 5.41) is 4.51. The lowest BCUT2D eigenvalue weighted by atomic mass is 10.1. The van der Waals surface area contributed by atoms with Gasteiger partial charge in [-0.25, -0.2) is 4.39 Å². The van der Waals surface area contributed by atoms with Crippen LogP contribution in [-0.2, 0) is 4.79 Å². The molecule has 1 saturated heterocycles. The molecule has 0 saturated carbocycles. The first-order chi connectivity index (χ1) is 12.5. The van der Waals surface area contributed by atoms with E-state index >= 15 is 0 Å². The number of nitrogens with zero attached hydrogens (tertiary/aromatic N) is 3. The Morgan fingerprint density at radius 1 is 1.15 bits per heavy atom. The van der Waals surface area contributed by atoms with Crippen molar-refractivity contribution in [3.05, 3.63) is 64.2 Å². The molecule has 0 aliphatic carbocycles. The van der Waals surface area contributed by atoms with E-state index in [0.717, 1.165) is 5.69 Å². The Morgan fingerprint density at radius 3 is 2.65 bits per heavy atom. The molecule has 2 heterocycles. The molecule has 2 aromatic carbocycles. The third kappa shape index (κ3) is 3.18. The van der Waals surface area contributed by atoms with Gasteiger partial charge >= 0.3 is 0 Å². The maximum absolute atomic E-state index is 13.3. The first-order valence-corrected chi connectivity index (χ1v) is 8.62. The Hall–Kier alpha value is -2.44. The van der Waals surface area contributed by atoms with E-state index in [1.807, 2.05) is 0 Å². The van der Waals surface area contributed by atoms with E-state index in [-0.39, 0.29) is 23.3 Å². The molecule has 1 fully saturated rings. The lowest BCUT2D eigenvalue weighted by molar-refractivity contribution is -0.117. The van der Waals surface area contributed by atoms with Crippen LogP contribution < -0.4 is 4.90 Å². The van der Waals surface area contributed by atoms with Crippen LogP contribution in [0, 0.1) is 5.82 Å². The summed E-state index contributed by atoms with van der Waals surface area (Å²) >= 11 is 11.7. The molecule has 0 radical (unpaired) electrons. The fourth-order valence-corrected chi connectivity index (χ4v) is 3.20. The van der Waals surface area contributed by atoms with Crippen LogP contribution in [0.1, 0.15) is 18.2 Å². The fourth-order valence-electron chi connectivity index (χ4n) is 2.90. The Kier molecular flexibility index (Phi) is 4.38. The third-order valence-corrected chi connectivity index (χ3v) is 4.77. The molecule has 0 bridgehead atoms. The number of carbonyl (C=O) groups excluding carboxylic acids is 1. The van der Waals surface area contributed by atoms with Gasteiger partial charge in [-0.2, -0.15) is 4.98 Å². The standard InChI is InChI=1S/C18H12Cl2FN3O2/c19-12-2-4-13(5-3-12)24-9-11(8-16(24)25)18-22-17(23-26-18)10-1-6-15(21)14(20)7-10/h1-7,11H,8-9H2. The largest absolute Gasteiger partial charge is 0.339 e. The van der Waals surface area contributed by atoms with Gasteiger partial charge in [-0.1, -0.05) is 28.4 Å². The van der Waals surface area contributed by atoms with Gasteiger partial charge in [0.2, 0.25) is 17.6 Å². The van der Waals surface area contributed by atoms with Gasteiger partial charge in [0.25, 0.3) is 0 Å². The lowest BCUT2D eigenvalue weighted by Crippen LogP contribution is -2.24. The second-order valence-corrected chi connectivity index (χ2v) is 6.81. The van der Waals surface area contributed by atoms with E-state index in [4.69, 9.17) is 27.7 Å². The number of carbonyl (C=O) groups is 1. The van der Waals surface area contributed by atoms with E-state index in [1.165, 1.54) is 18.2 Å². The molecule has 1 aliphatic rings. The lowest BCUT2D eigenvalue weighted by Gasteiger charge is -2.15. The second kappa shape index (κ2) is 6.70. The summed E-state index contributed by atoms with van der Waals surface area (Å²) in [7, 11) is 0. The van der Waals surface area contributed by atoms with Gasteiger partial charge < -0.3 is 9.42 Å². The number of halogens is 3. The van der Waals surface area contributed by atoms with Gasteiger partial charge in [-0.3, -0.25) is 4.79 Å². The highest BCUT2D eigenvalue weighted by atomic mass is 35.5. The number of benzene rings is 2. The first-order valence-electron chi connectivity index (χ1n) is 7.86. The van der Waals surface area contributed by atoms with Gasteiger partial charge in [0.15, 0.2) is 0 Å². The average Bonchev–Trinajstić information content (AvgIpc) is 3.25. The SMILES string of the molecule is O=C1CC(c2nc(-c3ccc(F)c(Cl)c3)no2)CN1c1ccc(Cl)cc1. The topological polar surface area (TPSA) is 59.2 Å². The van der Waals surface area contributed by atoms with Gasteiger partial charge in [0.05, 0.1) is 10.9 Å². The third-order valence-electron chi connectivity index (χ3n) is 4.23. The Balaban J connectivity index is 1.55. The van der Waals surface area contributed by atoms with E-state index in [1.54, 1.807) is 29.2 Å². The summed E-state index contributed by atoms with van der Waals surface area (Å²) in [6.07, 6.45) is 0.272. The van der Waals surface area contributed by atoms with Crippen LogP contribution in [0.5, 0.6) is 0 Å². The molecule has 0 N–H and O–H groups in total. The van der Waals surface area contributed by atoms with Crippen molar-refractivity contribution in [1.82, 2.24) is 10.1 Å². The summed E-state index contributed by atoms with van der Waals surface area (Å²) in [5.41, 5.74) is 1.32. The van der Waals surface area contributed by atoms with Crippen LogP contribution in [-0.4, -0.2) is 22.6 Å². The average molecular weight is 392 g/mol. The molecule has 0 spiro atoms. The van der Waals surface area contributed by atoms with Crippen molar-refractivity contribution in [1.29, 1.82) is 0 Å². The smallest absolute Gasteiger partial charge is 0.232 e. The van der Waals surface area contributed by atoms with Crippen molar-refractivity contribution >= 4 is 34.8 Å². The maximum Gasteiger partial charge on any atom is 0.232 e. The highest BCUT2D eigenvalue weighted by molar-refractivity contribution is 6.31. The van der Waals surface area contributed by atoms with Crippen LogP contribution in [0.15, 0.2) is 47.0 Å². The van der Waals surface area contributed by atoms with E-state index < -0.39 is 5.82 Å². The first kappa shape index (κ1) is 17.0. The molecule has 3 aromatic rings. The van der Waals surface area contributed by atoms with E-state index in [0.29, 0.717) is 28.8 Å². The van der Waals surface area contributed by atoms with Gasteiger partial charge in [0.1, 0.15) is 5.82 Å². The Labute approximate surface area is 158 Å². The monoisotopic (exact) mass is 391 g/mol. The van der Waals surface area contributed by atoms with Crippen molar-refractivity contribution in [3.63, 3.8) is 0 Å². The van der Waals surface area contributed by atoms with Gasteiger partial charge in [-0.05, 0) is 42.5 Å². The number of rotatable bonds is 3. The molecule has 4 rings (SSSR count). The minimum absolute atomic E-state index is 0.0150. The summed E-state index contributed by atoms with van der Waals surface area (Å²) in [6.45, 7) is 0.437. The number of hydrogen-bond acceptors (Lipinski definition) is 4. The number of aromatic nitrogens is 2. The van der Waals surface area contributed by atoms with Crippen LogP contribution in [0.25, 0.3) is 11.4 Å². The van der Waals surface area contributed by atoms with Crippen LogP contribution in [0.4, 0.5) is 10.1 Å². The quantitative estimate of drug-likeness (QED) is 0.648. The summed E-state index contributed by atoms with van der Waals surface area (Å²) in [5.74, 6) is -0.0825. The Bertz CT molecular complexity index is 975. The van der Waals surface area contributed by atoms with Crippen molar-refractivity contribution in [2.75, 3.05) is 11.4 Å². The van der Waals surface area contributed by atoms with Crippen LogP contribution in [0.2, 0.25) is 10.0 Å². The second-order valence-electron chi connectivity index (χ2n) is 5.97. The molecule has 1 amide bonds. The minimum Gasteiger partial charge on any atom is -0.339 e. The molecular formula is C18H12Cl2FN3O2. The molecular weight excluding hydrogens is 380 g/mol. The molecule has 1 aliphatic heterocycles. The van der Waals surface area contributed by atoms with Crippen LogP contribution >= 0.6 is 23.2 Å². The predicted octanol–water partition coefficient (Wildman–Crippen LogP) is 4.70. The highest BCUT2D eigenvalue weighted by Gasteiger charge is 2.35. The zero-order chi connectivity index (χ0) is 18.3. The van der Waals surface area contributed by atoms with Crippen molar-refractivity contribution in [2.24, 2.45) is 0 Å². The number of amides is 1. The maximum atomic E-state index is 13.3. The molecule has 5 nitrogen and oxygen atoms in total. The molecule has 1 atom stereocenters. The van der Waals surface area contributed by atoms with Crippen molar-refractivity contribution in [2.45, 2.75) is 12.3 Å². The van der Waals surface area contributed by atoms with Gasteiger partial charge in [0, 0.05) is 29.2 Å². The zero-order valence-corrected chi connectivity index (χ0v) is 14.8. The van der Waals surface area contributed by atoms with Crippen LogP contribution in [0.3, 0.4) is 0 Å². The minimum atomic E-state index is -0.515. The van der Waals surface area contributed by atoms with E-state index in [9.17, 15) is 9.18 Å². The highest BCUT2D eigenvalue weighted by Crippen LogP contribution is 2.32. The molecule has 1 unspecified atom stereocenters. The van der Waals surface area contributed by atoms with E-state index in [2.05, 4.69) is 10.1 Å². The summed E-state index contributed by atoms with van der Waals surface area (Å²) in [4.78, 5) is 18.4. The normalized spacial score (nSPS) is 17.1. The predicted molar refractivity (Wildman–Crippen MR) is 95.9 cm³/mol. The molecule has 26 heavy (non-hydrogen) atoms. The molecule has 1 aromatic heterocycles. The van der Waals surface area contributed by atoms with Gasteiger partial charge in [-0.15, -0.1) is 0 Å². The van der Waals surface area contributed by atoms with Crippen molar-refractivity contribution < 1.29 is 13.7 Å². The zero-order valence-electron chi connectivity index (χ0n) is 13.3. The summed E-state index contributed by atoms with van der Waals surface area (Å²) < 4.78 is 18.6.